The molecule has 1 heterocycles. The summed E-state index contributed by atoms with van der Waals surface area (Å²) < 4.78 is 0. The van der Waals surface area contributed by atoms with Crippen molar-refractivity contribution in [2.45, 2.75) is 19.8 Å². The number of halogens is 1. The number of rotatable bonds is 2. The molecule has 0 saturated carbocycles. The summed E-state index contributed by atoms with van der Waals surface area (Å²) in [5.74, 6) is 2.04. The molecule has 2 unspecified atom stereocenters. The van der Waals surface area contributed by atoms with Gasteiger partial charge < -0.3 is 4.90 Å². The van der Waals surface area contributed by atoms with Gasteiger partial charge in [0.1, 0.15) is 0 Å². The third-order valence-corrected chi connectivity index (χ3v) is 4.05. The van der Waals surface area contributed by atoms with Crippen molar-refractivity contribution in [2.24, 2.45) is 11.8 Å². The van der Waals surface area contributed by atoms with Crippen LogP contribution >= 0.6 is 11.6 Å². The van der Waals surface area contributed by atoms with Crippen LogP contribution < -0.4 is 0 Å². The fourth-order valence-electron chi connectivity index (χ4n) is 2.81. The van der Waals surface area contributed by atoms with E-state index in [1.54, 1.807) is 0 Å². The van der Waals surface area contributed by atoms with Crippen LogP contribution in [0.4, 0.5) is 0 Å². The molecule has 1 aromatic carbocycles. The lowest BCUT2D eigenvalue weighted by Crippen LogP contribution is -2.17. The summed E-state index contributed by atoms with van der Waals surface area (Å²) in [4.78, 5) is 2.42. The van der Waals surface area contributed by atoms with Crippen LogP contribution in [0.3, 0.4) is 0 Å². The minimum absolute atomic E-state index is 0.596. The summed E-state index contributed by atoms with van der Waals surface area (Å²) in [7, 11) is 2.20. The zero-order chi connectivity index (χ0) is 11.7. The number of likely N-dealkylation sites (tertiary alicyclic amines) is 1. The highest BCUT2D eigenvalue weighted by atomic mass is 35.5. The average Bonchev–Trinajstić information content (AvgIpc) is 2.61. The quantitative estimate of drug-likeness (QED) is 0.759. The van der Waals surface area contributed by atoms with Crippen LogP contribution in [-0.4, -0.2) is 25.0 Å². The fraction of sp³-hybridized carbons (Fsp3) is 0.571. The molecule has 88 valence electrons. The van der Waals surface area contributed by atoms with E-state index < -0.39 is 0 Å². The summed E-state index contributed by atoms with van der Waals surface area (Å²) in [5.41, 5.74) is 1.33. The Bertz CT molecular complexity index is 362. The van der Waals surface area contributed by atoms with Crippen molar-refractivity contribution in [1.29, 1.82) is 0 Å². The second-order valence-corrected chi connectivity index (χ2v) is 5.66. The molecule has 0 bridgehead atoms. The van der Waals surface area contributed by atoms with Crippen molar-refractivity contribution in [3.8, 4) is 0 Å². The van der Waals surface area contributed by atoms with Crippen LogP contribution in [0.25, 0.3) is 0 Å². The van der Waals surface area contributed by atoms with Crippen molar-refractivity contribution < 1.29 is 0 Å². The fourth-order valence-corrected chi connectivity index (χ4v) is 3.09. The maximum absolute atomic E-state index is 6.30. The van der Waals surface area contributed by atoms with Gasteiger partial charge in [0.2, 0.25) is 0 Å². The Morgan fingerprint density at radius 1 is 1.25 bits per heavy atom. The summed E-state index contributed by atoms with van der Waals surface area (Å²) in [6.45, 7) is 6.95. The zero-order valence-corrected chi connectivity index (χ0v) is 11.0. The molecular weight excluding hydrogens is 218 g/mol. The Balaban J connectivity index is 2.29. The largest absolute Gasteiger partial charge is 0.305 e. The van der Waals surface area contributed by atoms with E-state index in [0.717, 1.165) is 17.5 Å². The molecule has 1 aliphatic rings. The number of nitrogens with zero attached hydrogens (tertiary/aromatic N) is 1. The predicted molar refractivity (Wildman–Crippen MR) is 70.0 cm³/mol. The number of hydrogen-bond acceptors (Lipinski definition) is 1. The molecule has 0 aromatic heterocycles. The number of hydrogen-bond donors (Lipinski definition) is 0. The number of likely N-dealkylation sites (N-methyl/N-ethyl adjacent to an activating group) is 1. The van der Waals surface area contributed by atoms with Gasteiger partial charge in [-0.1, -0.05) is 43.6 Å². The van der Waals surface area contributed by atoms with Gasteiger partial charge >= 0.3 is 0 Å². The second-order valence-electron chi connectivity index (χ2n) is 5.26. The molecule has 0 spiro atoms. The van der Waals surface area contributed by atoms with E-state index in [2.05, 4.69) is 37.9 Å². The SMILES string of the molecule is CC(C)C1CN(C)CC1c1ccccc1Cl. The molecule has 0 aliphatic carbocycles. The molecule has 1 fully saturated rings. The molecule has 1 aromatic rings. The van der Waals surface area contributed by atoms with Gasteiger partial charge in [-0.3, -0.25) is 0 Å². The van der Waals surface area contributed by atoms with Gasteiger partial charge in [0, 0.05) is 24.0 Å². The predicted octanol–water partition coefficient (Wildman–Crippen LogP) is 3.64. The molecule has 0 amide bonds. The normalized spacial score (nSPS) is 26.6. The van der Waals surface area contributed by atoms with E-state index in [1.165, 1.54) is 12.1 Å². The molecule has 16 heavy (non-hydrogen) atoms. The van der Waals surface area contributed by atoms with Gasteiger partial charge in [-0.25, -0.2) is 0 Å². The summed E-state index contributed by atoms with van der Waals surface area (Å²) in [5, 5.41) is 0.924. The van der Waals surface area contributed by atoms with E-state index in [9.17, 15) is 0 Å². The van der Waals surface area contributed by atoms with Crippen LogP contribution in [0.5, 0.6) is 0 Å². The van der Waals surface area contributed by atoms with Gasteiger partial charge in [-0.15, -0.1) is 0 Å². The van der Waals surface area contributed by atoms with E-state index in [0.29, 0.717) is 11.8 Å². The van der Waals surface area contributed by atoms with Gasteiger partial charge in [0.15, 0.2) is 0 Å². The lowest BCUT2D eigenvalue weighted by atomic mass is 9.82. The Kier molecular flexibility index (Phi) is 3.56. The Hall–Kier alpha value is -0.530. The highest BCUT2D eigenvalue weighted by molar-refractivity contribution is 6.31. The smallest absolute Gasteiger partial charge is 0.0441 e. The van der Waals surface area contributed by atoms with Crippen molar-refractivity contribution in [3.63, 3.8) is 0 Å². The third-order valence-electron chi connectivity index (χ3n) is 3.71. The van der Waals surface area contributed by atoms with E-state index in [-0.39, 0.29) is 0 Å². The molecule has 2 atom stereocenters. The molecule has 2 heteroatoms. The van der Waals surface area contributed by atoms with Crippen molar-refractivity contribution in [2.75, 3.05) is 20.1 Å². The first-order valence-corrected chi connectivity index (χ1v) is 6.40. The first-order chi connectivity index (χ1) is 7.59. The maximum Gasteiger partial charge on any atom is 0.0441 e. The minimum Gasteiger partial charge on any atom is -0.305 e. The maximum atomic E-state index is 6.30. The minimum atomic E-state index is 0.596. The molecule has 2 rings (SSSR count). The van der Waals surface area contributed by atoms with Gasteiger partial charge in [-0.05, 0) is 30.5 Å². The molecular formula is C14H20ClN. The third kappa shape index (κ3) is 2.26. The van der Waals surface area contributed by atoms with Gasteiger partial charge in [0.05, 0.1) is 0 Å². The molecule has 1 saturated heterocycles. The monoisotopic (exact) mass is 237 g/mol. The Labute approximate surface area is 103 Å². The topological polar surface area (TPSA) is 3.24 Å². The first kappa shape index (κ1) is 11.9. The van der Waals surface area contributed by atoms with Crippen LogP contribution in [0.2, 0.25) is 5.02 Å². The average molecular weight is 238 g/mol. The molecule has 0 radical (unpaired) electrons. The van der Waals surface area contributed by atoms with Crippen molar-refractivity contribution >= 4 is 11.6 Å². The van der Waals surface area contributed by atoms with E-state index >= 15 is 0 Å². The lowest BCUT2D eigenvalue weighted by Gasteiger charge is -2.23. The second kappa shape index (κ2) is 4.77. The summed E-state index contributed by atoms with van der Waals surface area (Å²) >= 11 is 6.30. The lowest BCUT2D eigenvalue weighted by molar-refractivity contribution is 0.344. The highest BCUT2D eigenvalue weighted by Gasteiger charge is 2.34. The van der Waals surface area contributed by atoms with Gasteiger partial charge in [-0.2, -0.15) is 0 Å². The summed E-state index contributed by atoms with van der Waals surface area (Å²) in [6, 6.07) is 8.29. The Morgan fingerprint density at radius 3 is 2.56 bits per heavy atom. The van der Waals surface area contributed by atoms with Crippen LogP contribution in [0.15, 0.2) is 24.3 Å². The first-order valence-electron chi connectivity index (χ1n) is 6.02. The standard InChI is InChI=1S/C14H20ClN/c1-10(2)12-8-16(3)9-13(12)11-6-4-5-7-14(11)15/h4-7,10,12-13H,8-9H2,1-3H3. The van der Waals surface area contributed by atoms with Crippen molar-refractivity contribution in [1.82, 2.24) is 4.90 Å². The van der Waals surface area contributed by atoms with Crippen molar-refractivity contribution in [3.05, 3.63) is 34.9 Å². The number of benzene rings is 1. The highest BCUT2D eigenvalue weighted by Crippen LogP contribution is 2.39. The zero-order valence-electron chi connectivity index (χ0n) is 10.3. The van der Waals surface area contributed by atoms with Crippen LogP contribution in [0.1, 0.15) is 25.3 Å². The van der Waals surface area contributed by atoms with Crippen LogP contribution in [0, 0.1) is 11.8 Å². The van der Waals surface area contributed by atoms with Gasteiger partial charge in [0.25, 0.3) is 0 Å². The molecule has 1 nitrogen and oxygen atoms in total. The van der Waals surface area contributed by atoms with E-state index in [4.69, 9.17) is 11.6 Å². The molecule has 1 aliphatic heterocycles. The van der Waals surface area contributed by atoms with Crippen LogP contribution in [-0.2, 0) is 0 Å². The Morgan fingerprint density at radius 2 is 1.94 bits per heavy atom. The molecule has 0 N–H and O–H groups in total. The van der Waals surface area contributed by atoms with E-state index in [1.807, 2.05) is 12.1 Å². The summed E-state index contributed by atoms with van der Waals surface area (Å²) in [6.07, 6.45) is 0.